The summed E-state index contributed by atoms with van der Waals surface area (Å²) in [6.07, 6.45) is 2.44. The maximum absolute atomic E-state index is 11.7. The van der Waals surface area contributed by atoms with Gasteiger partial charge in [-0.3, -0.25) is 4.79 Å². The Hall–Kier alpha value is -2.24. The fourth-order valence-corrected chi connectivity index (χ4v) is 2.84. The van der Waals surface area contributed by atoms with Crippen molar-refractivity contribution in [1.29, 1.82) is 0 Å². The molecular formula is C19H34N4O2. The van der Waals surface area contributed by atoms with Gasteiger partial charge in [-0.25, -0.2) is 4.79 Å². The predicted octanol–water partition coefficient (Wildman–Crippen LogP) is 4.01. The van der Waals surface area contributed by atoms with E-state index in [-0.39, 0.29) is 23.7 Å². The van der Waals surface area contributed by atoms with Gasteiger partial charge >= 0.3 is 6.03 Å². The summed E-state index contributed by atoms with van der Waals surface area (Å²) in [5.41, 5.74) is 2.52. The number of H-pyrrole nitrogens is 1. The van der Waals surface area contributed by atoms with Crippen molar-refractivity contribution >= 4 is 11.5 Å². The summed E-state index contributed by atoms with van der Waals surface area (Å²) in [5.74, 6) is 0. The summed E-state index contributed by atoms with van der Waals surface area (Å²) in [4.78, 5) is 25.8. The van der Waals surface area contributed by atoms with E-state index in [1.807, 2.05) is 65.9 Å². The molecule has 2 aliphatic heterocycles. The van der Waals surface area contributed by atoms with Gasteiger partial charge in [-0.15, -0.1) is 0 Å². The molecule has 2 amide bonds. The van der Waals surface area contributed by atoms with Crippen LogP contribution in [0.5, 0.6) is 0 Å². The summed E-state index contributed by atoms with van der Waals surface area (Å²) in [7, 11) is 0. The molecule has 3 N–H and O–H groups in total. The number of nitrogens with one attached hydrogen (secondary N) is 3. The van der Waals surface area contributed by atoms with Crippen molar-refractivity contribution in [1.82, 2.24) is 20.0 Å². The van der Waals surface area contributed by atoms with Gasteiger partial charge in [0.15, 0.2) is 0 Å². The largest absolute Gasteiger partial charge is 0.333 e. The van der Waals surface area contributed by atoms with Crippen molar-refractivity contribution in [3.8, 4) is 0 Å². The van der Waals surface area contributed by atoms with Gasteiger partial charge in [-0.1, -0.05) is 55.4 Å². The maximum atomic E-state index is 11.7. The number of urea groups is 1. The molecule has 1 fully saturated rings. The smallest absolute Gasteiger partial charge is 0.315 e. The van der Waals surface area contributed by atoms with Gasteiger partial charge in [0, 0.05) is 24.0 Å². The summed E-state index contributed by atoms with van der Waals surface area (Å²) in [6.45, 7) is 16.0. The first kappa shape index (κ1) is 22.8. The van der Waals surface area contributed by atoms with E-state index in [1.54, 1.807) is 12.3 Å². The molecule has 6 heteroatoms. The second-order valence-electron chi connectivity index (χ2n) is 4.49. The summed E-state index contributed by atoms with van der Waals surface area (Å²) >= 11 is 0. The molecule has 0 aliphatic carbocycles. The van der Waals surface area contributed by atoms with Gasteiger partial charge in [0.05, 0.1) is 12.1 Å². The Balaban J connectivity index is 0.000000642. The lowest BCUT2D eigenvalue weighted by atomic mass is 9.98. The van der Waals surface area contributed by atoms with E-state index in [2.05, 4.69) is 15.6 Å². The highest BCUT2D eigenvalue weighted by Crippen LogP contribution is 2.29. The Morgan fingerprint density at radius 3 is 2.12 bits per heavy atom. The zero-order chi connectivity index (χ0) is 19.6. The van der Waals surface area contributed by atoms with Crippen molar-refractivity contribution in [2.24, 2.45) is 0 Å². The molecule has 142 valence electrons. The number of amides is 2. The van der Waals surface area contributed by atoms with Crippen LogP contribution in [0.4, 0.5) is 4.79 Å². The third kappa shape index (κ3) is 4.44. The van der Waals surface area contributed by atoms with Gasteiger partial charge in [-0.05, 0) is 12.1 Å². The van der Waals surface area contributed by atoms with Crippen LogP contribution in [0.15, 0.2) is 23.1 Å². The third-order valence-corrected chi connectivity index (χ3v) is 3.55. The number of carbonyl (C=O) groups is 1. The van der Waals surface area contributed by atoms with Crippen molar-refractivity contribution in [2.45, 2.75) is 73.9 Å². The van der Waals surface area contributed by atoms with Crippen LogP contribution in [0.2, 0.25) is 0 Å². The molecule has 2 aromatic rings. The van der Waals surface area contributed by atoms with Crippen LogP contribution >= 0.6 is 0 Å². The number of aromatic nitrogens is 2. The van der Waals surface area contributed by atoms with Gasteiger partial charge in [0.25, 0.3) is 5.56 Å². The number of hydrogen-bond acceptors (Lipinski definition) is 2. The van der Waals surface area contributed by atoms with Crippen LogP contribution in [0.25, 0.3) is 5.52 Å². The molecule has 2 aromatic heterocycles. The Kier molecular flexibility index (Phi) is 10.3. The minimum absolute atomic E-state index is 0.0423. The summed E-state index contributed by atoms with van der Waals surface area (Å²) in [5, 5.41) is 5.77. The number of fused-ring (bicyclic) bond motifs is 2. The second kappa shape index (κ2) is 11.3. The van der Waals surface area contributed by atoms with E-state index in [1.165, 1.54) is 0 Å². The Morgan fingerprint density at radius 2 is 1.52 bits per heavy atom. The Morgan fingerprint density at radius 1 is 0.920 bits per heavy atom. The van der Waals surface area contributed by atoms with Crippen molar-refractivity contribution in [3.63, 3.8) is 0 Å². The first-order valence-corrected chi connectivity index (χ1v) is 9.53. The van der Waals surface area contributed by atoms with Gasteiger partial charge in [0.1, 0.15) is 5.52 Å². The van der Waals surface area contributed by atoms with Crippen LogP contribution in [0.1, 0.15) is 72.8 Å². The normalized spacial score (nSPS) is 18.3. The number of carbonyl (C=O) groups excluding carboxylic acids is 1. The highest BCUT2D eigenvalue weighted by atomic mass is 16.2. The first-order valence-electron chi connectivity index (χ1n) is 9.53. The minimum Gasteiger partial charge on any atom is -0.333 e. The van der Waals surface area contributed by atoms with E-state index in [0.29, 0.717) is 5.52 Å². The van der Waals surface area contributed by atoms with Crippen LogP contribution in [-0.2, 0) is 6.42 Å². The fraction of sp³-hybridized carbons (Fsp3) is 0.579. The average Bonchev–Trinajstić information content (AvgIpc) is 3.29. The molecule has 2 atom stereocenters. The highest BCUT2D eigenvalue weighted by Gasteiger charge is 2.38. The standard InChI is InChI=1S/C11H10N4O2.4C2H6/c16-10-8-2-1-7-9-6(13-11(17)14-9)3-5(4-12-10)15(7)8;4*1-2/h1-2,4,6,9H,3H2,(H,12,16)(H2,13,14,17);4*1-2H3. The fourth-order valence-electron chi connectivity index (χ4n) is 2.84. The molecule has 4 heterocycles. The Bertz CT molecular complexity index is 703. The van der Waals surface area contributed by atoms with Crippen molar-refractivity contribution in [2.75, 3.05) is 0 Å². The number of aromatic amines is 1. The third-order valence-electron chi connectivity index (χ3n) is 3.55. The molecule has 0 spiro atoms. The molecule has 2 unspecified atom stereocenters. The van der Waals surface area contributed by atoms with E-state index < -0.39 is 0 Å². The van der Waals surface area contributed by atoms with Crippen LogP contribution in [-0.4, -0.2) is 21.5 Å². The van der Waals surface area contributed by atoms with Crippen LogP contribution in [0.3, 0.4) is 0 Å². The second-order valence-corrected chi connectivity index (χ2v) is 4.49. The molecule has 4 rings (SSSR count). The van der Waals surface area contributed by atoms with Crippen LogP contribution < -0.4 is 16.2 Å². The number of nitrogens with zero attached hydrogens (tertiary/aromatic N) is 1. The highest BCUT2D eigenvalue weighted by molar-refractivity contribution is 5.78. The lowest BCUT2D eigenvalue weighted by Crippen LogP contribution is -2.35. The zero-order valence-corrected chi connectivity index (χ0v) is 16.9. The van der Waals surface area contributed by atoms with E-state index in [4.69, 9.17) is 0 Å². The molecule has 0 aromatic carbocycles. The average molecular weight is 351 g/mol. The molecule has 2 aliphatic rings. The van der Waals surface area contributed by atoms with E-state index in [0.717, 1.165) is 17.8 Å². The van der Waals surface area contributed by atoms with Crippen molar-refractivity contribution in [3.05, 3.63) is 40.1 Å². The number of hydrogen-bond donors (Lipinski definition) is 3. The van der Waals surface area contributed by atoms with Gasteiger partial charge < -0.3 is 20.0 Å². The zero-order valence-electron chi connectivity index (χ0n) is 16.9. The molecule has 0 saturated carbocycles. The van der Waals surface area contributed by atoms with Gasteiger partial charge in [-0.2, -0.15) is 0 Å². The molecule has 0 bridgehead atoms. The quantitative estimate of drug-likeness (QED) is 0.671. The molecule has 1 saturated heterocycles. The topological polar surface area (TPSA) is 78.4 Å². The molecule has 25 heavy (non-hydrogen) atoms. The molecule has 6 nitrogen and oxygen atoms in total. The molecular weight excluding hydrogens is 316 g/mol. The van der Waals surface area contributed by atoms with Gasteiger partial charge in [0.2, 0.25) is 0 Å². The summed E-state index contributed by atoms with van der Waals surface area (Å²) < 4.78 is 1.94. The molecule has 0 radical (unpaired) electrons. The lowest BCUT2D eigenvalue weighted by Gasteiger charge is -2.25. The minimum atomic E-state index is -0.144. The Labute approximate surface area is 151 Å². The van der Waals surface area contributed by atoms with E-state index in [9.17, 15) is 9.59 Å². The number of rotatable bonds is 0. The summed E-state index contributed by atoms with van der Waals surface area (Å²) in [6, 6.07) is 3.58. The van der Waals surface area contributed by atoms with E-state index >= 15 is 0 Å². The SMILES string of the molecule is CC.CC.CC.CC.O=C1NC2Cc3c[nH]c(=O)c4ccc(n34)C2N1. The first-order chi connectivity index (χ1) is 12.2. The van der Waals surface area contributed by atoms with Crippen molar-refractivity contribution < 1.29 is 4.79 Å². The maximum Gasteiger partial charge on any atom is 0.315 e. The van der Waals surface area contributed by atoms with Crippen LogP contribution in [0, 0.1) is 0 Å². The monoisotopic (exact) mass is 350 g/mol. The predicted molar refractivity (Wildman–Crippen MR) is 105 cm³/mol. The lowest BCUT2D eigenvalue weighted by molar-refractivity contribution is 0.247.